The van der Waals surface area contributed by atoms with Gasteiger partial charge in [-0.3, -0.25) is 10.1 Å². The van der Waals surface area contributed by atoms with Crippen LogP contribution in [0.25, 0.3) is 0 Å². The molecule has 0 aliphatic carbocycles. The SMILES string of the molecule is C[C@@H](CC/C=C/C(=O)O)[C@@H](OC(=O)NC(=O)c1ccccc1)c1ccc(OCCO)cc1. The first-order valence-corrected chi connectivity index (χ1v) is 10.2. The van der Waals surface area contributed by atoms with Gasteiger partial charge in [0.15, 0.2) is 0 Å². The number of alkyl carbamates (subject to hydrolysis) is 1. The van der Waals surface area contributed by atoms with Crippen molar-refractivity contribution in [3.05, 3.63) is 77.9 Å². The lowest BCUT2D eigenvalue weighted by molar-refractivity contribution is -0.131. The molecule has 0 saturated carbocycles. The van der Waals surface area contributed by atoms with Crippen molar-refractivity contribution in [3.8, 4) is 5.75 Å². The highest BCUT2D eigenvalue weighted by Gasteiger charge is 2.24. The van der Waals surface area contributed by atoms with Gasteiger partial charge in [-0.15, -0.1) is 0 Å². The third kappa shape index (κ3) is 8.23. The number of amides is 2. The maximum absolute atomic E-state index is 12.4. The molecule has 0 aliphatic heterocycles. The number of rotatable bonds is 11. The van der Waals surface area contributed by atoms with E-state index in [9.17, 15) is 14.4 Å². The van der Waals surface area contributed by atoms with Crippen LogP contribution in [-0.2, 0) is 9.53 Å². The van der Waals surface area contributed by atoms with Gasteiger partial charge in [0.2, 0.25) is 0 Å². The van der Waals surface area contributed by atoms with E-state index in [2.05, 4.69) is 5.32 Å². The molecule has 0 saturated heterocycles. The number of ether oxygens (including phenoxy) is 2. The van der Waals surface area contributed by atoms with Gasteiger partial charge in [0.25, 0.3) is 5.91 Å². The summed E-state index contributed by atoms with van der Waals surface area (Å²) in [5.74, 6) is -1.21. The van der Waals surface area contributed by atoms with E-state index in [0.717, 1.165) is 6.08 Å². The zero-order valence-corrected chi connectivity index (χ0v) is 17.8. The second-order valence-corrected chi connectivity index (χ2v) is 7.08. The molecule has 170 valence electrons. The Labute approximate surface area is 186 Å². The lowest BCUT2D eigenvalue weighted by atomic mass is 9.93. The summed E-state index contributed by atoms with van der Waals surface area (Å²) in [4.78, 5) is 35.3. The van der Waals surface area contributed by atoms with Gasteiger partial charge in [-0.1, -0.05) is 43.3 Å². The molecule has 8 nitrogen and oxygen atoms in total. The zero-order chi connectivity index (χ0) is 23.3. The Hall–Kier alpha value is -3.65. The molecule has 2 rings (SSSR count). The monoisotopic (exact) mass is 441 g/mol. The van der Waals surface area contributed by atoms with Crippen LogP contribution in [0.4, 0.5) is 4.79 Å². The number of aliphatic hydroxyl groups is 1. The molecular formula is C24H27NO7. The highest BCUT2D eigenvalue weighted by Crippen LogP contribution is 2.31. The van der Waals surface area contributed by atoms with Crippen molar-refractivity contribution < 1.29 is 34.1 Å². The average Bonchev–Trinajstić information content (AvgIpc) is 2.79. The van der Waals surface area contributed by atoms with Gasteiger partial charge in [0.1, 0.15) is 18.5 Å². The molecule has 0 fully saturated rings. The van der Waals surface area contributed by atoms with E-state index in [-0.39, 0.29) is 19.1 Å². The molecule has 2 aromatic carbocycles. The predicted molar refractivity (Wildman–Crippen MR) is 117 cm³/mol. The molecule has 3 N–H and O–H groups in total. The summed E-state index contributed by atoms with van der Waals surface area (Å²) in [7, 11) is 0. The van der Waals surface area contributed by atoms with Crippen LogP contribution in [0, 0.1) is 5.92 Å². The molecule has 2 aromatic rings. The van der Waals surface area contributed by atoms with E-state index in [1.807, 2.05) is 6.92 Å². The summed E-state index contributed by atoms with van der Waals surface area (Å²) in [5, 5.41) is 19.8. The number of carboxylic acid groups (broad SMARTS) is 1. The van der Waals surface area contributed by atoms with Crippen molar-refractivity contribution in [2.75, 3.05) is 13.2 Å². The number of carbonyl (C=O) groups excluding carboxylic acids is 2. The van der Waals surface area contributed by atoms with Crippen molar-refractivity contribution in [3.63, 3.8) is 0 Å². The maximum atomic E-state index is 12.4. The Morgan fingerprint density at radius 2 is 1.75 bits per heavy atom. The van der Waals surface area contributed by atoms with Crippen LogP contribution in [-0.4, -0.2) is 41.4 Å². The van der Waals surface area contributed by atoms with Crippen molar-refractivity contribution in [2.45, 2.75) is 25.9 Å². The van der Waals surface area contributed by atoms with Crippen molar-refractivity contribution in [1.82, 2.24) is 5.32 Å². The van der Waals surface area contributed by atoms with Crippen LogP contribution in [0.1, 0.15) is 41.8 Å². The highest BCUT2D eigenvalue weighted by atomic mass is 16.6. The smallest absolute Gasteiger partial charge is 0.414 e. The number of hydrogen-bond donors (Lipinski definition) is 3. The minimum Gasteiger partial charge on any atom is -0.491 e. The molecule has 2 atom stereocenters. The normalized spacial score (nSPS) is 12.7. The van der Waals surface area contributed by atoms with Gasteiger partial charge < -0.3 is 19.7 Å². The van der Waals surface area contributed by atoms with Crippen LogP contribution in [0.2, 0.25) is 0 Å². The van der Waals surface area contributed by atoms with Gasteiger partial charge in [-0.25, -0.2) is 9.59 Å². The summed E-state index contributed by atoms with van der Waals surface area (Å²) < 4.78 is 11.0. The lowest BCUT2D eigenvalue weighted by Gasteiger charge is -2.24. The fourth-order valence-corrected chi connectivity index (χ4v) is 3.02. The largest absolute Gasteiger partial charge is 0.491 e. The third-order valence-electron chi connectivity index (χ3n) is 4.62. The molecule has 0 bridgehead atoms. The van der Waals surface area contributed by atoms with Gasteiger partial charge in [0, 0.05) is 11.6 Å². The van der Waals surface area contributed by atoms with E-state index in [1.54, 1.807) is 60.7 Å². The molecule has 0 radical (unpaired) electrons. The Balaban J connectivity index is 2.10. The Morgan fingerprint density at radius 3 is 2.38 bits per heavy atom. The van der Waals surface area contributed by atoms with Crippen LogP contribution >= 0.6 is 0 Å². The summed E-state index contributed by atoms with van der Waals surface area (Å²) in [6.07, 6.45) is 2.09. The van der Waals surface area contributed by atoms with Crippen molar-refractivity contribution in [1.29, 1.82) is 0 Å². The Bertz CT molecular complexity index is 910. The quantitative estimate of drug-likeness (QED) is 0.454. The molecule has 0 spiro atoms. The number of carbonyl (C=O) groups is 3. The Kier molecular flexibility index (Phi) is 9.93. The molecule has 0 aliphatic rings. The molecule has 32 heavy (non-hydrogen) atoms. The first kappa shape index (κ1) is 24.6. The van der Waals surface area contributed by atoms with Gasteiger partial charge in [-0.2, -0.15) is 0 Å². The Morgan fingerprint density at radius 1 is 1.06 bits per heavy atom. The third-order valence-corrected chi connectivity index (χ3v) is 4.62. The predicted octanol–water partition coefficient (Wildman–Crippen LogP) is 3.72. The molecule has 8 heteroatoms. The molecule has 0 heterocycles. The minimum absolute atomic E-state index is 0.107. The molecule has 2 amide bonds. The van der Waals surface area contributed by atoms with E-state index in [4.69, 9.17) is 19.7 Å². The number of benzene rings is 2. The number of hydrogen-bond acceptors (Lipinski definition) is 6. The summed E-state index contributed by atoms with van der Waals surface area (Å²) >= 11 is 0. The van der Waals surface area contributed by atoms with E-state index in [1.165, 1.54) is 0 Å². The molecule has 0 unspecified atom stereocenters. The van der Waals surface area contributed by atoms with E-state index < -0.39 is 24.1 Å². The van der Waals surface area contributed by atoms with E-state index in [0.29, 0.717) is 29.7 Å². The zero-order valence-electron chi connectivity index (χ0n) is 17.8. The topological polar surface area (TPSA) is 122 Å². The first-order chi connectivity index (χ1) is 15.4. The summed E-state index contributed by atoms with van der Waals surface area (Å²) in [6.45, 7) is 1.93. The van der Waals surface area contributed by atoms with Crippen molar-refractivity contribution >= 4 is 18.0 Å². The molecule has 0 aromatic heterocycles. The van der Waals surface area contributed by atoms with E-state index >= 15 is 0 Å². The number of carboxylic acids is 1. The number of nitrogens with one attached hydrogen (secondary N) is 1. The fourth-order valence-electron chi connectivity index (χ4n) is 3.02. The van der Waals surface area contributed by atoms with Crippen LogP contribution < -0.4 is 10.1 Å². The standard InChI is InChI=1S/C24H27NO7/c1-17(7-5-6-10-21(27)28)22(18-11-13-20(14-12-18)31-16-15-26)32-24(30)25-23(29)19-8-3-2-4-9-19/h2-4,6,8-14,17,22,26H,5,7,15-16H2,1H3,(H,27,28)(H,25,29,30)/b10-6+/t17-,22+/m0/s1. The van der Waals surface area contributed by atoms with Crippen molar-refractivity contribution in [2.24, 2.45) is 5.92 Å². The van der Waals surface area contributed by atoms with Crippen LogP contribution in [0.15, 0.2) is 66.7 Å². The number of imide groups is 1. The van der Waals surface area contributed by atoms with Gasteiger partial charge >= 0.3 is 12.1 Å². The lowest BCUT2D eigenvalue weighted by Crippen LogP contribution is -2.33. The van der Waals surface area contributed by atoms with Crippen LogP contribution in [0.5, 0.6) is 5.75 Å². The molecular weight excluding hydrogens is 414 g/mol. The summed E-state index contributed by atoms with van der Waals surface area (Å²) in [5.41, 5.74) is 1.02. The second kappa shape index (κ2) is 12.9. The fraction of sp³-hybridized carbons (Fsp3) is 0.292. The summed E-state index contributed by atoms with van der Waals surface area (Å²) in [6, 6.07) is 15.2. The number of aliphatic hydroxyl groups excluding tert-OH is 1. The van der Waals surface area contributed by atoms with Crippen LogP contribution in [0.3, 0.4) is 0 Å². The number of aliphatic carboxylic acids is 1. The first-order valence-electron chi connectivity index (χ1n) is 10.2. The van der Waals surface area contributed by atoms with Gasteiger partial charge in [-0.05, 0) is 48.6 Å². The number of allylic oxidation sites excluding steroid dienone is 1. The average molecular weight is 441 g/mol. The van der Waals surface area contributed by atoms with Gasteiger partial charge in [0.05, 0.1) is 6.61 Å². The highest BCUT2D eigenvalue weighted by molar-refractivity contribution is 6.02. The second-order valence-electron chi connectivity index (χ2n) is 7.08. The minimum atomic E-state index is -1.03. The maximum Gasteiger partial charge on any atom is 0.414 e.